The molecule has 0 fully saturated rings. The number of anilines is 1. The largest absolute Gasteiger partial charge is 0.487 e. The maximum atomic E-state index is 5.88. The summed E-state index contributed by atoms with van der Waals surface area (Å²) >= 11 is 0. The van der Waals surface area contributed by atoms with Crippen LogP contribution in [0.25, 0.3) is 5.65 Å². The first-order valence-corrected chi connectivity index (χ1v) is 6.14. The number of ether oxygens (including phenoxy) is 1. The topological polar surface area (TPSA) is 52.5 Å². The summed E-state index contributed by atoms with van der Waals surface area (Å²) in [6.45, 7) is 2.48. The maximum Gasteiger partial charge on any atom is 0.138 e. The van der Waals surface area contributed by atoms with Gasteiger partial charge in [-0.15, -0.1) is 0 Å². The van der Waals surface area contributed by atoms with Gasteiger partial charge in [-0.1, -0.05) is 23.8 Å². The van der Waals surface area contributed by atoms with Gasteiger partial charge in [0.1, 0.15) is 23.8 Å². The van der Waals surface area contributed by atoms with Gasteiger partial charge in [-0.3, -0.25) is 4.40 Å². The van der Waals surface area contributed by atoms with E-state index in [1.165, 1.54) is 5.56 Å². The molecular formula is C15H15N3O. The van der Waals surface area contributed by atoms with Crippen molar-refractivity contribution >= 4 is 11.5 Å². The number of nitrogens with zero attached hydrogens (tertiary/aromatic N) is 2. The molecule has 0 amide bonds. The Morgan fingerprint density at radius 1 is 1.16 bits per heavy atom. The van der Waals surface area contributed by atoms with Crippen LogP contribution in [-0.4, -0.2) is 9.38 Å². The van der Waals surface area contributed by atoms with Crippen molar-refractivity contribution in [2.45, 2.75) is 13.5 Å². The van der Waals surface area contributed by atoms with Gasteiger partial charge in [0, 0.05) is 6.20 Å². The summed E-state index contributed by atoms with van der Waals surface area (Å²) in [5.41, 5.74) is 8.79. The van der Waals surface area contributed by atoms with Crippen molar-refractivity contribution in [1.82, 2.24) is 9.38 Å². The minimum Gasteiger partial charge on any atom is -0.487 e. The summed E-state index contributed by atoms with van der Waals surface area (Å²) < 4.78 is 7.55. The van der Waals surface area contributed by atoms with Crippen molar-refractivity contribution in [3.05, 3.63) is 59.9 Å². The number of nitrogens with two attached hydrogens (primary N) is 1. The van der Waals surface area contributed by atoms with E-state index in [2.05, 4.69) is 11.9 Å². The van der Waals surface area contributed by atoms with Gasteiger partial charge in [-0.2, -0.15) is 0 Å². The highest BCUT2D eigenvalue weighted by molar-refractivity contribution is 5.48. The number of pyridine rings is 1. The number of hydrogen-bond donors (Lipinski definition) is 1. The maximum absolute atomic E-state index is 5.88. The highest BCUT2D eigenvalue weighted by atomic mass is 16.5. The number of nitrogen functional groups attached to an aromatic ring is 1. The molecule has 3 aromatic rings. The van der Waals surface area contributed by atoms with E-state index in [-0.39, 0.29) is 0 Å². The van der Waals surface area contributed by atoms with E-state index in [9.17, 15) is 0 Å². The van der Waals surface area contributed by atoms with E-state index in [4.69, 9.17) is 10.5 Å². The third kappa shape index (κ3) is 2.38. The first-order valence-electron chi connectivity index (χ1n) is 6.14. The van der Waals surface area contributed by atoms with Gasteiger partial charge in [0.05, 0.1) is 5.69 Å². The summed E-state index contributed by atoms with van der Waals surface area (Å²) in [4.78, 5) is 4.46. The summed E-state index contributed by atoms with van der Waals surface area (Å²) in [7, 11) is 0. The van der Waals surface area contributed by atoms with Crippen LogP contribution in [0.1, 0.15) is 11.3 Å². The molecule has 0 spiro atoms. The SMILES string of the molecule is Cc1ccc(OCc2cn3c(N)cccc3n2)cc1. The van der Waals surface area contributed by atoms with Crippen LogP contribution in [0, 0.1) is 6.92 Å². The zero-order chi connectivity index (χ0) is 13.2. The van der Waals surface area contributed by atoms with Crippen molar-refractivity contribution < 1.29 is 4.74 Å². The molecule has 0 saturated heterocycles. The van der Waals surface area contributed by atoms with Crippen LogP contribution in [0.3, 0.4) is 0 Å². The van der Waals surface area contributed by atoms with Gasteiger partial charge in [0.25, 0.3) is 0 Å². The molecule has 3 rings (SSSR count). The van der Waals surface area contributed by atoms with E-state index < -0.39 is 0 Å². The van der Waals surface area contributed by atoms with Crippen molar-refractivity contribution in [2.75, 3.05) is 5.73 Å². The molecule has 0 saturated carbocycles. The molecule has 2 heterocycles. The molecule has 0 radical (unpaired) electrons. The Morgan fingerprint density at radius 2 is 1.95 bits per heavy atom. The van der Waals surface area contributed by atoms with Crippen molar-refractivity contribution in [1.29, 1.82) is 0 Å². The molecule has 19 heavy (non-hydrogen) atoms. The number of rotatable bonds is 3. The van der Waals surface area contributed by atoms with Crippen molar-refractivity contribution in [3.8, 4) is 5.75 Å². The number of aromatic nitrogens is 2. The van der Waals surface area contributed by atoms with Gasteiger partial charge in [0.2, 0.25) is 0 Å². The lowest BCUT2D eigenvalue weighted by Crippen LogP contribution is -1.95. The molecule has 4 nitrogen and oxygen atoms in total. The van der Waals surface area contributed by atoms with Crippen LogP contribution in [0.4, 0.5) is 5.82 Å². The average Bonchev–Trinajstić information content (AvgIpc) is 2.83. The van der Waals surface area contributed by atoms with Gasteiger partial charge < -0.3 is 10.5 Å². The summed E-state index contributed by atoms with van der Waals surface area (Å²) in [5.74, 6) is 1.52. The average molecular weight is 253 g/mol. The fourth-order valence-electron chi connectivity index (χ4n) is 1.94. The van der Waals surface area contributed by atoms with Gasteiger partial charge in [0.15, 0.2) is 0 Å². The van der Waals surface area contributed by atoms with Crippen LogP contribution < -0.4 is 10.5 Å². The highest BCUT2D eigenvalue weighted by Crippen LogP contribution is 2.15. The third-order valence-corrected chi connectivity index (χ3v) is 2.98. The van der Waals surface area contributed by atoms with E-state index in [0.717, 1.165) is 17.1 Å². The number of aryl methyl sites for hydroxylation is 1. The molecule has 0 unspecified atom stereocenters. The normalized spacial score (nSPS) is 10.8. The first-order chi connectivity index (χ1) is 9.22. The molecule has 0 aliphatic heterocycles. The van der Waals surface area contributed by atoms with Crippen LogP contribution in [0.5, 0.6) is 5.75 Å². The minimum absolute atomic E-state index is 0.435. The molecule has 0 bridgehead atoms. The second kappa shape index (κ2) is 4.65. The number of imidazole rings is 1. The van der Waals surface area contributed by atoms with Crippen LogP contribution >= 0.6 is 0 Å². The fraction of sp³-hybridized carbons (Fsp3) is 0.133. The van der Waals surface area contributed by atoms with Gasteiger partial charge in [-0.05, 0) is 31.2 Å². The van der Waals surface area contributed by atoms with Crippen LogP contribution in [-0.2, 0) is 6.61 Å². The molecule has 0 aliphatic carbocycles. The number of hydrogen-bond acceptors (Lipinski definition) is 3. The lowest BCUT2D eigenvalue weighted by atomic mass is 10.2. The lowest BCUT2D eigenvalue weighted by Gasteiger charge is -2.03. The minimum atomic E-state index is 0.435. The summed E-state index contributed by atoms with van der Waals surface area (Å²) in [6.07, 6.45) is 1.90. The van der Waals surface area contributed by atoms with Gasteiger partial charge >= 0.3 is 0 Å². The van der Waals surface area contributed by atoms with E-state index in [1.807, 2.05) is 53.1 Å². The molecule has 96 valence electrons. The quantitative estimate of drug-likeness (QED) is 0.781. The molecule has 1 aromatic carbocycles. The molecular weight excluding hydrogens is 238 g/mol. The Kier molecular flexibility index (Phi) is 2.83. The predicted octanol–water partition coefficient (Wildman–Crippen LogP) is 2.80. The van der Waals surface area contributed by atoms with E-state index in [0.29, 0.717) is 12.4 Å². The Morgan fingerprint density at radius 3 is 2.68 bits per heavy atom. The predicted molar refractivity (Wildman–Crippen MR) is 75.1 cm³/mol. The Balaban J connectivity index is 1.78. The number of benzene rings is 1. The Hall–Kier alpha value is -2.49. The number of fused-ring (bicyclic) bond motifs is 1. The monoisotopic (exact) mass is 253 g/mol. The molecule has 2 aromatic heterocycles. The smallest absolute Gasteiger partial charge is 0.138 e. The second-order valence-electron chi connectivity index (χ2n) is 4.51. The van der Waals surface area contributed by atoms with E-state index in [1.54, 1.807) is 0 Å². The molecule has 0 atom stereocenters. The molecule has 4 heteroatoms. The van der Waals surface area contributed by atoms with Crippen molar-refractivity contribution in [2.24, 2.45) is 0 Å². The van der Waals surface area contributed by atoms with Crippen LogP contribution in [0.15, 0.2) is 48.7 Å². The molecule has 0 aliphatic rings. The third-order valence-electron chi connectivity index (χ3n) is 2.98. The summed E-state index contributed by atoms with van der Waals surface area (Å²) in [5, 5.41) is 0. The highest BCUT2D eigenvalue weighted by Gasteiger charge is 2.04. The zero-order valence-electron chi connectivity index (χ0n) is 10.7. The standard InChI is InChI=1S/C15H15N3O/c1-11-5-7-13(8-6-11)19-10-12-9-18-14(16)3-2-4-15(18)17-12/h2-9H,10,16H2,1H3. The van der Waals surface area contributed by atoms with Crippen LogP contribution in [0.2, 0.25) is 0 Å². The first kappa shape index (κ1) is 11.6. The lowest BCUT2D eigenvalue weighted by molar-refractivity contribution is 0.302. The van der Waals surface area contributed by atoms with Crippen molar-refractivity contribution in [3.63, 3.8) is 0 Å². The Bertz CT molecular complexity index is 701. The van der Waals surface area contributed by atoms with E-state index >= 15 is 0 Å². The molecule has 2 N–H and O–H groups in total. The summed E-state index contributed by atoms with van der Waals surface area (Å²) in [6, 6.07) is 13.6. The zero-order valence-corrected chi connectivity index (χ0v) is 10.7. The Labute approximate surface area is 111 Å². The van der Waals surface area contributed by atoms with Gasteiger partial charge in [-0.25, -0.2) is 4.98 Å². The fourth-order valence-corrected chi connectivity index (χ4v) is 1.94. The second-order valence-corrected chi connectivity index (χ2v) is 4.51.